The van der Waals surface area contributed by atoms with Crippen molar-refractivity contribution in [2.75, 3.05) is 13.2 Å². The fourth-order valence-electron chi connectivity index (χ4n) is 3.92. The van der Waals surface area contributed by atoms with Gasteiger partial charge < -0.3 is 9.47 Å². The van der Waals surface area contributed by atoms with Gasteiger partial charge in [0.05, 0.1) is 24.6 Å². The lowest BCUT2D eigenvalue weighted by Gasteiger charge is -2.11. The Labute approximate surface area is 239 Å². The number of nitrogens with zero attached hydrogens (tertiary/aromatic N) is 2. The molecular weight excluding hydrogens is 532 g/mol. The number of hydrogen-bond donors (Lipinski definition) is 0. The second-order valence-electron chi connectivity index (χ2n) is 9.62. The van der Waals surface area contributed by atoms with Crippen LogP contribution in [0.3, 0.4) is 0 Å². The molecule has 0 amide bonds. The first-order chi connectivity index (χ1) is 19.9. The van der Waals surface area contributed by atoms with Crippen LogP contribution in [-0.2, 0) is 0 Å². The number of ether oxygens (including phenoxy) is 2. The highest BCUT2D eigenvalue weighted by atomic mass is 19.2. The smallest absolute Gasteiger partial charge is 0.205 e. The van der Waals surface area contributed by atoms with E-state index in [9.17, 15) is 17.6 Å². The normalized spacial score (nSPS) is 11.0. The highest BCUT2D eigenvalue weighted by Gasteiger charge is 2.26. The van der Waals surface area contributed by atoms with E-state index in [2.05, 4.69) is 35.9 Å². The van der Waals surface area contributed by atoms with Gasteiger partial charge in [0, 0.05) is 5.56 Å². The average molecular weight is 569 g/mol. The standard InChI is InChI=1S/C33H36F4N2O2/c1-3-5-7-8-9-11-23-41-33-31(36)29(34)28(30(35)32(33)37)21-14-24-12-15-25(16-13-24)38-39-26-17-19-27(20-18-26)40-22-10-6-4-2/h12-13,15-20H,3-11,22-23H2,1-2H3. The van der Waals surface area contributed by atoms with Gasteiger partial charge in [0.1, 0.15) is 11.3 Å². The lowest BCUT2D eigenvalue weighted by atomic mass is 10.1. The van der Waals surface area contributed by atoms with E-state index in [1.807, 2.05) is 12.1 Å². The number of azo groups is 1. The minimum Gasteiger partial charge on any atom is -0.494 e. The summed E-state index contributed by atoms with van der Waals surface area (Å²) < 4.78 is 68.8. The zero-order valence-corrected chi connectivity index (χ0v) is 23.6. The minimum absolute atomic E-state index is 0.0353. The lowest BCUT2D eigenvalue weighted by Crippen LogP contribution is -2.08. The first-order valence-electron chi connectivity index (χ1n) is 14.2. The van der Waals surface area contributed by atoms with Gasteiger partial charge in [-0.1, -0.05) is 70.6 Å². The van der Waals surface area contributed by atoms with Gasteiger partial charge in [-0.3, -0.25) is 0 Å². The number of hydrogen-bond acceptors (Lipinski definition) is 4. The number of halogens is 4. The molecule has 0 heterocycles. The summed E-state index contributed by atoms with van der Waals surface area (Å²) in [6.07, 6.45) is 8.85. The zero-order chi connectivity index (χ0) is 29.5. The van der Waals surface area contributed by atoms with Gasteiger partial charge in [-0.25, -0.2) is 8.78 Å². The molecule has 0 aliphatic heterocycles. The third-order valence-corrected chi connectivity index (χ3v) is 6.30. The maximum atomic E-state index is 14.6. The number of unbranched alkanes of at least 4 members (excludes halogenated alkanes) is 7. The zero-order valence-electron chi connectivity index (χ0n) is 23.6. The lowest BCUT2D eigenvalue weighted by molar-refractivity contribution is 0.263. The molecule has 0 N–H and O–H groups in total. The molecule has 218 valence electrons. The van der Waals surface area contributed by atoms with Crippen molar-refractivity contribution in [1.29, 1.82) is 0 Å². The molecule has 0 aromatic heterocycles. The highest BCUT2D eigenvalue weighted by molar-refractivity contribution is 5.50. The van der Waals surface area contributed by atoms with Crippen LogP contribution in [0.15, 0.2) is 58.8 Å². The van der Waals surface area contributed by atoms with E-state index in [0.717, 1.165) is 57.1 Å². The molecule has 8 heteroatoms. The molecule has 0 atom stereocenters. The summed E-state index contributed by atoms with van der Waals surface area (Å²) in [5.41, 5.74) is 0.547. The van der Waals surface area contributed by atoms with E-state index in [4.69, 9.17) is 9.47 Å². The molecule has 3 rings (SSSR count). The minimum atomic E-state index is -1.59. The number of benzene rings is 3. The van der Waals surface area contributed by atoms with Crippen molar-refractivity contribution in [3.63, 3.8) is 0 Å². The summed E-state index contributed by atoms with van der Waals surface area (Å²) in [5, 5.41) is 8.35. The van der Waals surface area contributed by atoms with Gasteiger partial charge >= 0.3 is 0 Å². The quantitative estimate of drug-likeness (QED) is 0.0602. The van der Waals surface area contributed by atoms with Crippen LogP contribution in [0.25, 0.3) is 0 Å². The monoisotopic (exact) mass is 568 g/mol. The van der Waals surface area contributed by atoms with Crippen LogP contribution in [0.5, 0.6) is 11.5 Å². The van der Waals surface area contributed by atoms with Crippen molar-refractivity contribution in [1.82, 2.24) is 0 Å². The first-order valence-corrected chi connectivity index (χ1v) is 14.2. The Morgan fingerprint density at radius 2 is 1.05 bits per heavy atom. The van der Waals surface area contributed by atoms with Crippen LogP contribution in [0.2, 0.25) is 0 Å². The van der Waals surface area contributed by atoms with Crippen molar-refractivity contribution in [3.05, 3.63) is 82.9 Å². The summed E-state index contributed by atoms with van der Waals surface area (Å²) in [5.74, 6) is -1.90. The van der Waals surface area contributed by atoms with Crippen LogP contribution in [0.4, 0.5) is 28.9 Å². The molecule has 0 aliphatic carbocycles. The second kappa shape index (κ2) is 17.1. The molecule has 0 spiro atoms. The van der Waals surface area contributed by atoms with Gasteiger partial charge in [-0.15, -0.1) is 0 Å². The Morgan fingerprint density at radius 3 is 1.66 bits per heavy atom. The van der Waals surface area contributed by atoms with E-state index >= 15 is 0 Å². The molecule has 0 bridgehead atoms. The fourth-order valence-corrected chi connectivity index (χ4v) is 3.92. The maximum absolute atomic E-state index is 14.6. The molecule has 0 radical (unpaired) electrons. The summed E-state index contributed by atoms with van der Waals surface area (Å²) in [4.78, 5) is 0. The van der Waals surface area contributed by atoms with E-state index in [-0.39, 0.29) is 6.61 Å². The van der Waals surface area contributed by atoms with Crippen LogP contribution < -0.4 is 9.47 Å². The van der Waals surface area contributed by atoms with Gasteiger partial charge in [-0.2, -0.15) is 19.0 Å². The predicted octanol–water partition coefficient (Wildman–Crippen LogP) is 10.4. The molecule has 3 aromatic rings. The Bertz CT molecular complexity index is 1300. The average Bonchev–Trinajstić information content (AvgIpc) is 2.99. The van der Waals surface area contributed by atoms with Crippen molar-refractivity contribution in [3.8, 4) is 23.3 Å². The maximum Gasteiger partial charge on any atom is 0.205 e. The summed E-state index contributed by atoms with van der Waals surface area (Å²) in [6, 6.07) is 13.6. The van der Waals surface area contributed by atoms with E-state index < -0.39 is 34.6 Å². The largest absolute Gasteiger partial charge is 0.494 e. The number of rotatable bonds is 15. The first kappa shape index (κ1) is 31.7. The Kier molecular flexibility index (Phi) is 13.2. The van der Waals surface area contributed by atoms with Crippen molar-refractivity contribution >= 4 is 11.4 Å². The topological polar surface area (TPSA) is 43.2 Å². The van der Waals surface area contributed by atoms with E-state index in [0.29, 0.717) is 30.0 Å². The predicted molar refractivity (Wildman–Crippen MR) is 153 cm³/mol. The summed E-state index contributed by atoms with van der Waals surface area (Å²) in [7, 11) is 0. The molecule has 0 saturated heterocycles. The van der Waals surface area contributed by atoms with Gasteiger partial charge in [0.15, 0.2) is 17.4 Å². The molecule has 0 fully saturated rings. The van der Waals surface area contributed by atoms with Crippen molar-refractivity contribution in [2.45, 2.75) is 71.6 Å². The molecule has 0 saturated carbocycles. The molecule has 0 aliphatic rings. The van der Waals surface area contributed by atoms with Gasteiger partial charge in [-0.05, 0) is 61.4 Å². The Balaban J connectivity index is 1.60. The summed E-state index contributed by atoms with van der Waals surface area (Å²) in [6.45, 7) is 4.88. The van der Waals surface area contributed by atoms with Crippen LogP contribution in [-0.4, -0.2) is 13.2 Å². The molecular formula is C33H36F4N2O2. The third kappa shape index (κ3) is 9.93. The van der Waals surface area contributed by atoms with E-state index in [1.165, 1.54) is 0 Å². The highest BCUT2D eigenvalue weighted by Crippen LogP contribution is 2.30. The van der Waals surface area contributed by atoms with Gasteiger partial charge in [0.25, 0.3) is 0 Å². The molecule has 4 nitrogen and oxygen atoms in total. The van der Waals surface area contributed by atoms with Crippen LogP contribution in [0.1, 0.15) is 82.8 Å². The van der Waals surface area contributed by atoms with Crippen LogP contribution >= 0.6 is 0 Å². The van der Waals surface area contributed by atoms with Gasteiger partial charge in [0.2, 0.25) is 11.6 Å². The third-order valence-electron chi connectivity index (χ3n) is 6.30. The second-order valence-corrected chi connectivity index (χ2v) is 9.62. The SMILES string of the molecule is CCCCCCCCOc1c(F)c(F)c(C#Cc2ccc(N=Nc3ccc(OCCCCC)cc3)cc2)c(F)c1F. The fraction of sp³-hybridized carbons (Fsp3) is 0.394. The molecule has 41 heavy (non-hydrogen) atoms. The van der Waals surface area contributed by atoms with Crippen LogP contribution in [0, 0.1) is 35.1 Å². The molecule has 0 unspecified atom stereocenters. The van der Waals surface area contributed by atoms with E-state index in [1.54, 1.807) is 36.4 Å². The Morgan fingerprint density at radius 1 is 0.561 bits per heavy atom. The van der Waals surface area contributed by atoms with Crippen molar-refractivity contribution in [2.24, 2.45) is 10.2 Å². The Hall–Kier alpha value is -3.86. The summed E-state index contributed by atoms with van der Waals surface area (Å²) >= 11 is 0. The molecule has 3 aromatic carbocycles. The van der Waals surface area contributed by atoms with Crippen molar-refractivity contribution < 1.29 is 27.0 Å².